The van der Waals surface area contributed by atoms with Gasteiger partial charge in [0.2, 0.25) is 5.91 Å². The van der Waals surface area contributed by atoms with Crippen molar-refractivity contribution in [3.8, 4) is 0 Å². The maximum atomic E-state index is 11.8. The van der Waals surface area contributed by atoms with Crippen molar-refractivity contribution in [2.24, 2.45) is 5.92 Å². The summed E-state index contributed by atoms with van der Waals surface area (Å²) in [6.45, 7) is 8.50. The maximum Gasteiger partial charge on any atom is 0.226 e. The Balaban J connectivity index is 2.31. The number of hydrogen-bond donors (Lipinski definition) is 2. The number of carbonyl (C=O) groups excluding carboxylic acids is 1. The SMILES string of the molecule is CCNCC(C)C(=O)N1CC(O)(CC)C1. The highest BCUT2D eigenvalue weighted by molar-refractivity contribution is 5.79. The molecule has 2 N–H and O–H groups in total. The molecular formula is C11H22N2O2. The van der Waals surface area contributed by atoms with E-state index in [0.29, 0.717) is 13.1 Å². The smallest absolute Gasteiger partial charge is 0.226 e. The first-order valence-corrected chi connectivity index (χ1v) is 5.74. The molecule has 1 aliphatic heterocycles. The Hall–Kier alpha value is -0.610. The lowest BCUT2D eigenvalue weighted by Crippen LogP contribution is -2.64. The Labute approximate surface area is 91.6 Å². The predicted octanol–water partition coefficient (Wildman–Crippen LogP) is 0.215. The highest BCUT2D eigenvalue weighted by atomic mass is 16.3. The van der Waals surface area contributed by atoms with Crippen LogP contribution in [0.4, 0.5) is 0 Å². The number of amides is 1. The van der Waals surface area contributed by atoms with Crippen LogP contribution in [0.2, 0.25) is 0 Å². The molecule has 1 saturated heterocycles. The third-order valence-electron chi connectivity index (χ3n) is 3.06. The molecule has 0 aromatic heterocycles. The van der Waals surface area contributed by atoms with Crippen molar-refractivity contribution >= 4 is 5.91 Å². The van der Waals surface area contributed by atoms with Gasteiger partial charge in [0.05, 0.1) is 18.7 Å². The highest BCUT2D eigenvalue weighted by Crippen LogP contribution is 2.25. The van der Waals surface area contributed by atoms with E-state index in [9.17, 15) is 9.90 Å². The summed E-state index contributed by atoms with van der Waals surface area (Å²) in [5.74, 6) is 0.153. The largest absolute Gasteiger partial charge is 0.386 e. The molecule has 15 heavy (non-hydrogen) atoms. The topological polar surface area (TPSA) is 52.6 Å². The van der Waals surface area contributed by atoms with E-state index in [4.69, 9.17) is 0 Å². The average Bonchev–Trinajstić information content (AvgIpc) is 2.20. The van der Waals surface area contributed by atoms with E-state index in [1.165, 1.54) is 0 Å². The Morgan fingerprint density at radius 1 is 1.53 bits per heavy atom. The van der Waals surface area contributed by atoms with Crippen molar-refractivity contribution < 1.29 is 9.90 Å². The summed E-state index contributed by atoms with van der Waals surface area (Å²) >= 11 is 0. The third-order valence-corrected chi connectivity index (χ3v) is 3.06. The number of nitrogens with one attached hydrogen (secondary N) is 1. The number of rotatable bonds is 5. The number of hydrogen-bond acceptors (Lipinski definition) is 3. The maximum absolute atomic E-state index is 11.8. The highest BCUT2D eigenvalue weighted by Gasteiger charge is 2.42. The Morgan fingerprint density at radius 3 is 2.60 bits per heavy atom. The summed E-state index contributed by atoms with van der Waals surface area (Å²) in [6, 6.07) is 0. The first-order chi connectivity index (χ1) is 7.02. The van der Waals surface area contributed by atoms with Crippen LogP contribution in [0, 0.1) is 5.92 Å². The van der Waals surface area contributed by atoms with E-state index in [0.717, 1.165) is 19.5 Å². The van der Waals surface area contributed by atoms with Crippen LogP contribution in [0.3, 0.4) is 0 Å². The van der Waals surface area contributed by atoms with E-state index in [1.807, 2.05) is 20.8 Å². The van der Waals surface area contributed by atoms with Crippen LogP contribution in [0.5, 0.6) is 0 Å². The Morgan fingerprint density at radius 2 is 2.13 bits per heavy atom. The fourth-order valence-electron chi connectivity index (χ4n) is 1.80. The van der Waals surface area contributed by atoms with Gasteiger partial charge < -0.3 is 15.3 Å². The molecule has 1 amide bonds. The first-order valence-electron chi connectivity index (χ1n) is 5.74. The van der Waals surface area contributed by atoms with Gasteiger partial charge in [-0.25, -0.2) is 0 Å². The molecule has 4 nitrogen and oxygen atoms in total. The molecule has 1 rings (SSSR count). The number of nitrogens with zero attached hydrogens (tertiary/aromatic N) is 1. The third kappa shape index (κ3) is 2.92. The summed E-state index contributed by atoms with van der Waals surface area (Å²) in [6.07, 6.45) is 0.721. The zero-order chi connectivity index (χ0) is 11.5. The van der Waals surface area contributed by atoms with Crippen LogP contribution in [0.25, 0.3) is 0 Å². The molecule has 0 saturated carbocycles. The van der Waals surface area contributed by atoms with Crippen LogP contribution in [-0.4, -0.2) is 47.7 Å². The van der Waals surface area contributed by atoms with E-state index in [1.54, 1.807) is 4.90 Å². The summed E-state index contributed by atoms with van der Waals surface area (Å²) in [4.78, 5) is 13.6. The lowest BCUT2D eigenvalue weighted by molar-refractivity contribution is -0.159. The Kier molecular flexibility index (Phi) is 4.11. The van der Waals surface area contributed by atoms with Gasteiger partial charge in [0.1, 0.15) is 0 Å². The van der Waals surface area contributed by atoms with E-state index in [2.05, 4.69) is 5.32 Å². The van der Waals surface area contributed by atoms with Gasteiger partial charge in [-0.2, -0.15) is 0 Å². The first kappa shape index (κ1) is 12.5. The normalized spacial score (nSPS) is 20.9. The molecule has 0 aliphatic carbocycles. The Bertz CT molecular complexity index is 225. The molecule has 0 spiro atoms. The van der Waals surface area contributed by atoms with Gasteiger partial charge in [-0.3, -0.25) is 4.79 Å². The molecule has 88 valence electrons. The van der Waals surface area contributed by atoms with E-state index < -0.39 is 5.60 Å². The molecule has 0 aromatic rings. The van der Waals surface area contributed by atoms with Gasteiger partial charge in [0.25, 0.3) is 0 Å². The fraction of sp³-hybridized carbons (Fsp3) is 0.909. The van der Waals surface area contributed by atoms with Gasteiger partial charge >= 0.3 is 0 Å². The summed E-state index contributed by atoms with van der Waals surface area (Å²) in [5, 5.41) is 12.9. The van der Waals surface area contributed by atoms with Gasteiger partial charge in [0.15, 0.2) is 0 Å². The standard InChI is InChI=1S/C11H22N2O2/c1-4-11(15)7-13(8-11)10(14)9(3)6-12-5-2/h9,12,15H,4-8H2,1-3H3. The van der Waals surface area contributed by atoms with Gasteiger partial charge in [0, 0.05) is 12.5 Å². The van der Waals surface area contributed by atoms with Crippen LogP contribution in [-0.2, 0) is 4.79 Å². The number of likely N-dealkylation sites (tertiary alicyclic amines) is 1. The lowest BCUT2D eigenvalue weighted by Gasteiger charge is -2.47. The quantitative estimate of drug-likeness (QED) is 0.688. The summed E-state index contributed by atoms with van der Waals surface area (Å²) < 4.78 is 0. The zero-order valence-electron chi connectivity index (χ0n) is 9.92. The second-order valence-electron chi connectivity index (χ2n) is 4.48. The molecule has 4 heteroatoms. The molecule has 0 bridgehead atoms. The average molecular weight is 214 g/mol. The molecule has 1 aliphatic rings. The minimum atomic E-state index is -0.617. The van der Waals surface area contributed by atoms with E-state index >= 15 is 0 Å². The summed E-state index contributed by atoms with van der Waals surface area (Å²) in [7, 11) is 0. The van der Waals surface area contributed by atoms with Crippen molar-refractivity contribution in [2.45, 2.75) is 32.8 Å². The second kappa shape index (κ2) is 4.94. The minimum Gasteiger partial charge on any atom is -0.386 e. The van der Waals surface area contributed by atoms with Crippen LogP contribution < -0.4 is 5.32 Å². The fourth-order valence-corrected chi connectivity index (χ4v) is 1.80. The molecule has 1 unspecified atom stereocenters. The van der Waals surface area contributed by atoms with Crippen molar-refractivity contribution in [3.63, 3.8) is 0 Å². The van der Waals surface area contributed by atoms with Gasteiger partial charge in [-0.05, 0) is 13.0 Å². The zero-order valence-corrected chi connectivity index (χ0v) is 9.92. The van der Waals surface area contributed by atoms with Crippen molar-refractivity contribution in [1.29, 1.82) is 0 Å². The number of β-amino-alcohol motifs (C(OH)–C–C–N with tert-alkyl or cyclic N) is 1. The van der Waals surface area contributed by atoms with Gasteiger partial charge in [-0.1, -0.05) is 20.8 Å². The molecule has 0 aromatic carbocycles. The van der Waals surface area contributed by atoms with Crippen LogP contribution in [0.15, 0.2) is 0 Å². The van der Waals surface area contributed by atoms with Crippen molar-refractivity contribution in [3.05, 3.63) is 0 Å². The molecular weight excluding hydrogens is 192 g/mol. The predicted molar refractivity (Wildman–Crippen MR) is 59.5 cm³/mol. The van der Waals surface area contributed by atoms with Gasteiger partial charge in [-0.15, -0.1) is 0 Å². The molecule has 0 radical (unpaired) electrons. The summed E-state index contributed by atoms with van der Waals surface area (Å²) in [5.41, 5.74) is -0.617. The monoisotopic (exact) mass is 214 g/mol. The molecule has 1 heterocycles. The molecule has 1 atom stereocenters. The van der Waals surface area contributed by atoms with Crippen molar-refractivity contribution in [1.82, 2.24) is 10.2 Å². The second-order valence-corrected chi connectivity index (χ2v) is 4.48. The van der Waals surface area contributed by atoms with E-state index in [-0.39, 0.29) is 11.8 Å². The van der Waals surface area contributed by atoms with Crippen LogP contribution >= 0.6 is 0 Å². The lowest BCUT2D eigenvalue weighted by atomic mass is 9.90. The number of carbonyl (C=O) groups is 1. The van der Waals surface area contributed by atoms with Crippen molar-refractivity contribution in [2.75, 3.05) is 26.2 Å². The minimum absolute atomic E-state index is 0.00589. The van der Waals surface area contributed by atoms with Crippen LogP contribution in [0.1, 0.15) is 27.2 Å². The molecule has 1 fully saturated rings. The number of aliphatic hydroxyl groups is 1.